The summed E-state index contributed by atoms with van der Waals surface area (Å²) >= 11 is 12.0. The van der Waals surface area contributed by atoms with Crippen molar-refractivity contribution in [3.05, 3.63) is 69.7 Å². The van der Waals surface area contributed by atoms with Crippen molar-refractivity contribution in [2.75, 3.05) is 19.8 Å². The predicted octanol–water partition coefficient (Wildman–Crippen LogP) is 5.01. The Balaban J connectivity index is 1.71. The van der Waals surface area contributed by atoms with E-state index in [9.17, 15) is 5.11 Å². The van der Waals surface area contributed by atoms with Crippen molar-refractivity contribution in [2.45, 2.75) is 64.2 Å². The summed E-state index contributed by atoms with van der Waals surface area (Å²) in [5.41, 5.74) is 1.96. The van der Waals surface area contributed by atoms with Crippen LogP contribution in [0.15, 0.2) is 48.5 Å². The van der Waals surface area contributed by atoms with Crippen LogP contribution in [0, 0.1) is 0 Å². The summed E-state index contributed by atoms with van der Waals surface area (Å²) in [5, 5.41) is 12.1. The molecule has 1 N–H and O–H groups in total. The quantitative estimate of drug-likeness (QED) is 0.418. The molecule has 5 atom stereocenters. The van der Waals surface area contributed by atoms with Crippen molar-refractivity contribution in [3.8, 4) is 0 Å². The average molecular weight is 499 g/mol. The molecule has 1 fully saturated rings. The number of benzene rings is 2. The van der Waals surface area contributed by atoms with E-state index in [1.165, 1.54) is 0 Å². The third kappa shape index (κ3) is 7.91. The minimum Gasteiger partial charge on any atom is -0.385 e. The standard InChI is InChI=1S/C25H32Cl2O6/c1-3-13-31-24-22(28)25(30-4-2)33-23(24)21(32-15-18-7-11-20(27)12-8-18)16-29-14-17-5-9-19(26)10-6-17/h5-12,21-25,28H,3-4,13-16H2,1-2H3/t21-,22+,23+,24+,25-/m0/s1. The first-order chi connectivity index (χ1) is 16.0. The summed E-state index contributed by atoms with van der Waals surface area (Å²) in [7, 11) is 0. The average Bonchev–Trinajstić information content (AvgIpc) is 3.12. The molecule has 182 valence electrons. The van der Waals surface area contributed by atoms with Gasteiger partial charge in [0.2, 0.25) is 0 Å². The maximum atomic E-state index is 10.8. The molecule has 2 aromatic carbocycles. The van der Waals surface area contributed by atoms with Crippen LogP contribution in [-0.4, -0.2) is 55.6 Å². The highest BCUT2D eigenvalue weighted by molar-refractivity contribution is 6.30. The third-order valence-electron chi connectivity index (χ3n) is 5.28. The van der Waals surface area contributed by atoms with Crippen LogP contribution in [0.1, 0.15) is 31.4 Å². The van der Waals surface area contributed by atoms with Crippen molar-refractivity contribution in [1.29, 1.82) is 0 Å². The molecule has 0 spiro atoms. The van der Waals surface area contributed by atoms with Crippen LogP contribution in [0.25, 0.3) is 0 Å². The number of aliphatic hydroxyl groups excluding tert-OH is 1. The van der Waals surface area contributed by atoms with Gasteiger partial charge >= 0.3 is 0 Å². The van der Waals surface area contributed by atoms with Gasteiger partial charge in [0.05, 0.1) is 19.8 Å². The monoisotopic (exact) mass is 498 g/mol. The number of halogens is 2. The van der Waals surface area contributed by atoms with Gasteiger partial charge in [0.1, 0.15) is 24.4 Å². The maximum absolute atomic E-state index is 10.8. The number of rotatable bonds is 13. The molecule has 0 bridgehead atoms. The molecule has 1 saturated heterocycles. The van der Waals surface area contributed by atoms with Crippen molar-refractivity contribution < 1.29 is 28.8 Å². The molecular weight excluding hydrogens is 467 g/mol. The minimum atomic E-state index is -0.917. The summed E-state index contributed by atoms with van der Waals surface area (Å²) in [5.74, 6) is 0. The molecule has 1 heterocycles. The molecule has 33 heavy (non-hydrogen) atoms. The number of hydrogen-bond donors (Lipinski definition) is 1. The highest BCUT2D eigenvalue weighted by atomic mass is 35.5. The van der Waals surface area contributed by atoms with Crippen LogP contribution in [0.3, 0.4) is 0 Å². The second kappa shape index (κ2) is 13.6. The summed E-state index contributed by atoms with van der Waals surface area (Å²) in [6.45, 7) is 5.76. The van der Waals surface area contributed by atoms with Gasteiger partial charge < -0.3 is 28.8 Å². The molecular formula is C25H32Cl2O6. The van der Waals surface area contributed by atoms with Crippen LogP contribution in [0.4, 0.5) is 0 Å². The molecule has 1 aliphatic rings. The smallest absolute Gasteiger partial charge is 0.186 e. The van der Waals surface area contributed by atoms with Gasteiger partial charge in [0, 0.05) is 23.3 Å². The zero-order chi connectivity index (χ0) is 23.6. The van der Waals surface area contributed by atoms with Gasteiger partial charge in [0.15, 0.2) is 6.29 Å². The number of hydrogen-bond acceptors (Lipinski definition) is 6. The molecule has 1 aliphatic heterocycles. The second-order valence-electron chi connectivity index (χ2n) is 7.87. The Bertz CT molecular complexity index is 817. The fourth-order valence-electron chi connectivity index (χ4n) is 3.61. The molecule has 0 aliphatic carbocycles. The van der Waals surface area contributed by atoms with E-state index in [0.29, 0.717) is 36.5 Å². The molecule has 0 radical (unpaired) electrons. The van der Waals surface area contributed by atoms with E-state index in [-0.39, 0.29) is 6.61 Å². The van der Waals surface area contributed by atoms with Gasteiger partial charge in [-0.05, 0) is 48.7 Å². The van der Waals surface area contributed by atoms with Gasteiger partial charge in [-0.15, -0.1) is 0 Å². The predicted molar refractivity (Wildman–Crippen MR) is 127 cm³/mol. The fraction of sp³-hybridized carbons (Fsp3) is 0.520. The summed E-state index contributed by atoms with van der Waals surface area (Å²) in [6.07, 6.45) is -2.51. The van der Waals surface area contributed by atoms with Gasteiger partial charge in [-0.2, -0.15) is 0 Å². The van der Waals surface area contributed by atoms with Gasteiger partial charge in [-0.1, -0.05) is 54.4 Å². The van der Waals surface area contributed by atoms with Crippen molar-refractivity contribution in [1.82, 2.24) is 0 Å². The topological polar surface area (TPSA) is 66.4 Å². The Labute approximate surface area is 205 Å². The number of ether oxygens (including phenoxy) is 5. The van der Waals surface area contributed by atoms with E-state index in [2.05, 4.69) is 0 Å². The van der Waals surface area contributed by atoms with Gasteiger partial charge in [-0.25, -0.2) is 0 Å². The lowest BCUT2D eigenvalue weighted by atomic mass is 10.1. The lowest BCUT2D eigenvalue weighted by Gasteiger charge is -2.28. The van der Waals surface area contributed by atoms with Gasteiger partial charge in [0.25, 0.3) is 0 Å². The molecule has 6 nitrogen and oxygen atoms in total. The Kier molecular flexibility index (Phi) is 10.9. The first-order valence-corrected chi connectivity index (χ1v) is 12.0. The Morgan fingerprint density at radius 2 is 1.52 bits per heavy atom. The van der Waals surface area contributed by atoms with E-state index in [0.717, 1.165) is 17.5 Å². The second-order valence-corrected chi connectivity index (χ2v) is 8.74. The van der Waals surface area contributed by atoms with E-state index in [4.69, 9.17) is 46.9 Å². The highest BCUT2D eigenvalue weighted by Crippen LogP contribution is 2.29. The fourth-order valence-corrected chi connectivity index (χ4v) is 3.86. The van der Waals surface area contributed by atoms with Crippen LogP contribution in [-0.2, 0) is 36.9 Å². The molecule has 0 saturated carbocycles. The summed E-state index contributed by atoms with van der Waals surface area (Å²) in [4.78, 5) is 0. The van der Waals surface area contributed by atoms with E-state index in [1.807, 2.05) is 62.4 Å². The van der Waals surface area contributed by atoms with Crippen LogP contribution in [0.2, 0.25) is 10.0 Å². The Morgan fingerprint density at radius 1 is 0.909 bits per heavy atom. The Hall–Kier alpha value is -1.22. The minimum absolute atomic E-state index is 0.248. The molecule has 3 rings (SSSR count). The van der Waals surface area contributed by atoms with Crippen LogP contribution in [0.5, 0.6) is 0 Å². The largest absolute Gasteiger partial charge is 0.385 e. The van der Waals surface area contributed by atoms with Crippen molar-refractivity contribution in [3.63, 3.8) is 0 Å². The normalized spacial score (nSPS) is 23.7. The molecule has 0 amide bonds. The zero-order valence-electron chi connectivity index (χ0n) is 19.0. The lowest BCUT2D eigenvalue weighted by molar-refractivity contribution is -0.189. The Morgan fingerprint density at radius 3 is 2.09 bits per heavy atom. The van der Waals surface area contributed by atoms with E-state index >= 15 is 0 Å². The summed E-state index contributed by atoms with van der Waals surface area (Å²) in [6, 6.07) is 14.9. The van der Waals surface area contributed by atoms with E-state index in [1.54, 1.807) is 0 Å². The first-order valence-electron chi connectivity index (χ1n) is 11.3. The lowest BCUT2D eigenvalue weighted by Crippen LogP contribution is -2.44. The maximum Gasteiger partial charge on any atom is 0.186 e. The zero-order valence-corrected chi connectivity index (χ0v) is 20.5. The van der Waals surface area contributed by atoms with Crippen LogP contribution < -0.4 is 0 Å². The van der Waals surface area contributed by atoms with Gasteiger partial charge in [-0.3, -0.25) is 0 Å². The molecule has 2 aromatic rings. The first kappa shape index (κ1) is 26.4. The summed E-state index contributed by atoms with van der Waals surface area (Å²) < 4.78 is 29.8. The molecule has 0 aromatic heterocycles. The van der Waals surface area contributed by atoms with Crippen molar-refractivity contribution >= 4 is 23.2 Å². The number of aliphatic hydroxyl groups is 1. The molecule has 0 unspecified atom stereocenters. The van der Waals surface area contributed by atoms with E-state index < -0.39 is 30.7 Å². The SMILES string of the molecule is CCCO[C@@H]1[C@@H](O)[C@@H](OCC)O[C@@H]1[C@H](COCc1ccc(Cl)cc1)OCc1ccc(Cl)cc1. The highest BCUT2D eigenvalue weighted by Gasteiger charge is 2.49. The third-order valence-corrected chi connectivity index (χ3v) is 5.79. The van der Waals surface area contributed by atoms with Crippen molar-refractivity contribution in [2.24, 2.45) is 0 Å². The van der Waals surface area contributed by atoms with Crippen LogP contribution >= 0.6 is 23.2 Å². The molecule has 8 heteroatoms.